The van der Waals surface area contributed by atoms with Crippen molar-refractivity contribution >= 4 is 27.7 Å². The van der Waals surface area contributed by atoms with Crippen LogP contribution < -0.4 is 0 Å². The van der Waals surface area contributed by atoms with Gasteiger partial charge in [-0.25, -0.2) is 0 Å². The molecule has 0 aliphatic rings. The normalized spacial score (nSPS) is 15.1. The standard InChI is InChI=1S/C13H15BrO3/c1-12(2,3)13(14,11(16)17)10(15)9-7-5-4-6-8-9/h4-8H,1-3H3,(H,16,17). The molecule has 17 heavy (non-hydrogen) atoms. The smallest absolute Gasteiger partial charge is 0.329 e. The van der Waals surface area contributed by atoms with Gasteiger partial charge in [-0.3, -0.25) is 9.59 Å². The van der Waals surface area contributed by atoms with E-state index >= 15 is 0 Å². The number of carboxylic acid groups (broad SMARTS) is 1. The molecule has 3 nitrogen and oxygen atoms in total. The minimum absolute atomic E-state index is 0.390. The molecule has 0 aliphatic heterocycles. The second-order valence-electron chi connectivity index (χ2n) is 4.91. The van der Waals surface area contributed by atoms with Gasteiger partial charge < -0.3 is 5.11 Å². The SMILES string of the molecule is CC(C)(C)C(Br)(C(=O)O)C(=O)c1ccccc1. The molecule has 1 rings (SSSR count). The number of benzene rings is 1. The Labute approximate surface area is 109 Å². The quantitative estimate of drug-likeness (QED) is 0.530. The van der Waals surface area contributed by atoms with Crippen molar-refractivity contribution in [1.82, 2.24) is 0 Å². The maximum Gasteiger partial charge on any atom is 0.329 e. The summed E-state index contributed by atoms with van der Waals surface area (Å²) in [6, 6.07) is 8.45. The summed E-state index contributed by atoms with van der Waals surface area (Å²) < 4.78 is -1.61. The second-order valence-corrected chi connectivity index (χ2v) is 6.10. The highest BCUT2D eigenvalue weighted by atomic mass is 79.9. The summed E-state index contributed by atoms with van der Waals surface area (Å²) in [6.45, 7) is 5.16. The van der Waals surface area contributed by atoms with Crippen molar-refractivity contribution in [2.75, 3.05) is 0 Å². The maximum atomic E-state index is 12.3. The lowest BCUT2D eigenvalue weighted by Crippen LogP contribution is -2.51. The molecule has 0 spiro atoms. The third-order valence-electron chi connectivity index (χ3n) is 2.68. The predicted octanol–water partition coefficient (Wildman–Crippen LogP) is 3.13. The van der Waals surface area contributed by atoms with Gasteiger partial charge >= 0.3 is 5.97 Å². The first-order valence-corrected chi connectivity index (χ1v) is 6.02. The summed E-state index contributed by atoms with van der Waals surface area (Å²) >= 11 is 3.12. The molecule has 0 saturated carbocycles. The Morgan fingerprint density at radius 2 is 1.59 bits per heavy atom. The molecular formula is C13H15BrO3. The summed E-state index contributed by atoms with van der Waals surface area (Å²) in [6.07, 6.45) is 0. The largest absolute Gasteiger partial charge is 0.480 e. The Balaban J connectivity index is 3.28. The van der Waals surface area contributed by atoms with E-state index in [0.29, 0.717) is 5.56 Å². The third kappa shape index (κ3) is 2.41. The minimum atomic E-state index is -1.61. The van der Waals surface area contributed by atoms with Gasteiger partial charge in [-0.2, -0.15) is 0 Å². The molecule has 4 heteroatoms. The monoisotopic (exact) mass is 298 g/mol. The third-order valence-corrected chi connectivity index (χ3v) is 4.57. The summed E-state index contributed by atoms with van der Waals surface area (Å²) in [7, 11) is 0. The van der Waals surface area contributed by atoms with Gasteiger partial charge in [0.2, 0.25) is 0 Å². The van der Waals surface area contributed by atoms with Gasteiger partial charge in [-0.05, 0) is 5.41 Å². The van der Waals surface area contributed by atoms with E-state index in [1.54, 1.807) is 51.1 Å². The first-order chi connectivity index (χ1) is 7.71. The Morgan fingerprint density at radius 3 is 1.94 bits per heavy atom. The van der Waals surface area contributed by atoms with E-state index in [4.69, 9.17) is 0 Å². The van der Waals surface area contributed by atoms with Gasteiger partial charge in [0, 0.05) is 5.56 Å². The fourth-order valence-corrected chi connectivity index (χ4v) is 1.78. The number of halogens is 1. The van der Waals surface area contributed by atoms with Crippen LogP contribution in [0.4, 0.5) is 0 Å². The molecule has 0 saturated heterocycles. The van der Waals surface area contributed by atoms with Crippen LogP contribution in [0.2, 0.25) is 0 Å². The lowest BCUT2D eigenvalue weighted by atomic mass is 9.76. The Hall–Kier alpha value is -1.16. The number of carboxylic acids is 1. The zero-order valence-corrected chi connectivity index (χ0v) is 11.6. The van der Waals surface area contributed by atoms with Crippen molar-refractivity contribution in [1.29, 1.82) is 0 Å². The zero-order chi connectivity index (χ0) is 13.3. The van der Waals surface area contributed by atoms with E-state index in [0.717, 1.165) is 0 Å². The highest BCUT2D eigenvalue weighted by Gasteiger charge is 2.53. The first kappa shape index (κ1) is 13.9. The summed E-state index contributed by atoms with van der Waals surface area (Å²) in [4.78, 5) is 23.7. The van der Waals surface area contributed by atoms with Gasteiger partial charge in [0.25, 0.3) is 0 Å². The summed E-state index contributed by atoms with van der Waals surface area (Å²) in [5, 5.41) is 9.33. The van der Waals surface area contributed by atoms with E-state index in [1.165, 1.54) is 0 Å². The molecule has 0 bridgehead atoms. The number of aliphatic carboxylic acids is 1. The Kier molecular flexibility index (Phi) is 3.77. The predicted molar refractivity (Wildman–Crippen MR) is 69.5 cm³/mol. The molecule has 1 aromatic rings. The van der Waals surface area contributed by atoms with Gasteiger partial charge in [0.05, 0.1) is 0 Å². The van der Waals surface area contributed by atoms with Crippen molar-refractivity contribution in [3.8, 4) is 0 Å². The van der Waals surface area contributed by atoms with E-state index in [-0.39, 0.29) is 0 Å². The molecule has 0 fully saturated rings. The maximum absolute atomic E-state index is 12.3. The highest BCUT2D eigenvalue weighted by molar-refractivity contribution is 9.10. The number of hydrogen-bond acceptors (Lipinski definition) is 2. The molecule has 0 radical (unpaired) electrons. The number of hydrogen-bond donors (Lipinski definition) is 1. The fourth-order valence-electron chi connectivity index (χ4n) is 1.55. The first-order valence-electron chi connectivity index (χ1n) is 5.23. The lowest BCUT2D eigenvalue weighted by molar-refractivity contribution is -0.140. The van der Waals surface area contributed by atoms with E-state index in [9.17, 15) is 14.7 Å². The average molecular weight is 299 g/mol. The Morgan fingerprint density at radius 1 is 1.12 bits per heavy atom. The van der Waals surface area contributed by atoms with Crippen LogP contribution in [0.1, 0.15) is 31.1 Å². The van der Waals surface area contributed by atoms with Gasteiger partial charge in [-0.1, -0.05) is 67.0 Å². The molecule has 1 unspecified atom stereocenters. The van der Waals surface area contributed by atoms with Crippen molar-refractivity contribution in [3.63, 3.8) is 0 Å². The molecule has 0 aliphatic carbocycles. The van der Waals surface area contributed by atoms with Crippen LogP contribution in [-0.2, 0) is 4.79 Å². The van der Waals surface area contributed by atoms with E-state index in [2.05, 4.69) is 15.9 Å². The van der Waals surface area contributed by atoms with Crippen LogP contribution in [0.3, 0.4) is 0 Å². The molecule has 1 atom stereocenters. The number of Topliss-reactive ketones (excluding diaryl/α,β-unsaturated/α-hetero) is 1. The van der Waals surface area contributed by atoms with Gasteiger partial charge in [0.15, 0.2) is 10.1 Å². The molecule has 0 aromatic heterocycles. The van der Waals surface area contributed by atoms with E-state index in [1.807, 2.05) is 0 Å². The highest BCUT2D eigenvalue weighted by Crippen LogP contribution is 2.41. The molecule has 0 heterocycles. The number of alkyl halides is 1. The molecular weight excluding hydrogens is 284 g/mol. The lowest BCUT2D eigenvalue weighted by Gasteiger charge is -2.34. The van der Waals surface area contributed by atoms with Crippen molar-refractivity contribution in [3.05, 3.63) is 35.9 Å². The summed E-state index contributed by atoms with van der Waals surface area (Å²) in [5.41, 5.74) is -0.340. The number of carbonyl (C=O) groups excluding carboxylic acids is 1. The zero-order valence-electron chi connectivity index (χ0n) is 10.0. The second kappa shape index (κ2) is 4.61. The summed E-state index contributed by atoms with van der Waals surface area (Å²) in [5.74, 6) is -1.60. The van der Waals surface area contributed by atoms with Crippen LogP contribution in [0, 0.1) is 5.41 Å². The number of ketones is 1. The van der Waals surface area contributed by atoms with Crippen LogP contribution in [-0.4, -0.2) is 21.2 Å². The number of rotatable bonds is 3. The fraction of sp³-hybridized carbons (Fsp3) is 0.385. The average Bonchev–Trinajstić information content (AvgIpc) is 2.26. The van der Waals surface area contributed by atoms with E-state index < -0.39 is 21.5 Å². The van der Waals surface area contributed by atoms with Crippen molar-refractivity contribution in [2.24, 2.45) is 5.41 Å². The topological polar surface area (TPSA) is 54.4 Å². The molecule has 92 valence electrons. The van der Waals surface area contributed by atoms with Crippen LogP contribution >= 0.6 is 15.9 Å². The van der Waals surface area contributed by atoms with Crippen molar-refractivity contribution < 1.29 is 14.7 Å². The molecule has 0 amide bonds. The minimum Gasteiger partial charge on any atom is -0.480 e. The van der Waals surface area contributed by atoms with Gasteiger partial charge in [-0.15, -0.1) is 0 Å². The van der Waals surface area contributed by atoms with Gasteiger partial charge in [0.1, 0.15) is 0 Å². The van der Waals surface area contributed by atoms with Crippen LogP contribution in [0.25, 0.3) is 0 Å². The molecule has 1 N–H and O–H groups in total. The molecule has 1 aromatic carbocycles. The Bertz CT molecular complexity index is 434. The van der Waals surface area contributed by atoms with Crippen LogP contribution in [0.15, 0.2) is 30.3 Å². The van der Waals surface area contributed by atoms with Crippen molar-refractivity contribution in [2.45, 2.75) is 25.1 Å². The van der Waals surface area contributed by atoms with Crippen LogP contribution in [0.5, 0.6) is 0 Å². The number of carbonyl (C=O) groups is 2.